The van der Waals surface area contributed by atoms with E-state index in [-0.39, 0.29) is 0 Å². The highest BCUT2D eigenvalue weighted by atomic mass is 35.5. The number of rotatable bonds is 1. The van der Waals surface area contributed by atoms with Gasteiger partial charge in [0.15, 0.2) is 0 Å². The molecule has 1 aromatic carbocycles. The van der Waals surface area contributed by atoms with Crippen LogP contribution in [0.15, 0.2) is 30.5 Å². The van der Waals surface area contributed by atoms with Crippen molar-refractivity contribution in [3.63, 3.8) is 0 Å². The van der Waals surface area contributed by atoms with Crippen molar-refractivity contribution in [1.82, 2.24) is 4.98 Å². The smallest absolute Gasteiger partial charge is 0.220 e. The summed E-state index contributed by atoms with van der Waals surface area (Å²) < 4.78 is 13.4. The number of halogens is 4. The molecule has 0 saturated heterocycles. The first-order valence-corrected chi connectivity index (χ1v) is 5.48. The third-order valence-electron chi connectivity index (χ3n) is 2.04. The van der Waals surface area contributed by atoms with Crippen LogP contribution in [0.4, 0.5) is 4.39 Å². The number of pyridine rings is 1. The van der Waals surface area contributed by atoms with Gasteiger partial charge in [-0.05, 0) is 23.8 Å². The van der Waals surface area contributed by atoms with Crippen molar-refractivity contribution in [1.29, 1.82) is 0 Å². The van der Waals surface area contributed by atoms with E-state index in [0.29, 0.717) is 26.2 Å². The molecule has 0 fully saturated rings. The molecule has 82 valence electrons. The maximum Gasteiger partial charge on any atom is 0.220 e. The van der Waals surface area contributed by atoms with Crippen LogP contribution >= 0.6 is 34.8 Å². The van der Waals surface area contributed by atoms with Gasteiger partial charge in [0.25, 0.3) is 0 Å². The molecule has 1 heterocycles. The summed E-state index contributed by atoms with van der Waals surface area (Å²) in [5.74, 6) is -0.595. The molecule has 0 spiro atoms. The predicted molar refractivity (Wildman–Crippen MR) is 64.7 cm³/mol. The monoisotopic (exact) mass is 275 g/mol. The molecular formula is C11H5Cl3FN. The molecule has 2 rings (SSSR count). The maximum absolute atomic E-state index is 13.4. The van der Waals surface area contributed by atoms with Crippen LogP contribution in [0.1, 0.15) is 0 Å². The van der Waals surface area contributed by atoms with Crippen LogP contribution in [-0.2, 0) is 0 Å². The lowest BCUT2D eigenvalue weighted by molar-refractivity contribution is 0.587. The van der Waals surface area contributed by atoms with Crippen molar-refractivity contribution in [3.8, 4) is 11.1 Å². The first kappa shape index (κ1) is 11.6. The first-order valence-electron chi connectivity index (χ1n) is 4.34. The summed E-state index contributed by atoms with van der Waals surface area (Å²) in [5, 5.41) is 1.14. The third kappa shape index (κ3) is 2.29. The summed E-state index contributed by atoms with van der Waals surface area (Å²) in [4.78, 5) is 3.53. The first-order chi connectivity index (χ1) is 7.58. The fourth-order valence-electron chi connectivity index (χ4n) is 1.29. The second-order valence-corrected chi connectivity index (χ2v) is 4.37. The molecule has 0 atom stereocenters. The molecule has 0 aliphatic rings. The largest absolute Gasteiger partial charge is 0.226 e. The van der Waals surface area contributed by atoms with E-state index in [1.807, 2.05) is 0 Å². The minimum atomic E-state index is -0.595. The fraction of sp³-hybridized carbons (Fsp3) is 0. The Kier molecular flexibility index (Phi) is 3.33. The molecule has 1 aromatic heterocycles. The van der Waals surface area contributed by atoms with Gasteiger partial charge in [0.2, 0.25) is 5.95 Å². The number of aromatic nitrogens is 1. The van der Waals surface area contributed by atoms with Crippen LogP contribution < -0.4 is 0 Å². The van der Waals surface area contributed by atoms with Gasteiger partial charge >= 0.3 is 0 Å². The Morgan fingerprint density at radius 1 is 1.00 bits per heavy atom. The molecule has 2 aromatic rings. The van der Waals surface area contributed by atoms with Crippen molar-refractivity contribution < 1.29 is 4.39 Å². The topological polar surface area (TPSA) is 12.9 Å². The summed E-state index contributed by atoms with van der Waals surface area (Å²) in [6, 6.07) is 6.31. The van der Waals surface area contributed by atoms with Gasteiger partial charge in [0.05, 0.1) is 15.1 Å². The summed E-state index contributed by atoms with van der Waals surface area (Å²) in [6.45, 7) is 0. The van der Waals surface area contributed by atoms with E-state index < -0.39 is 5.95 Å². The van der Waals surface area contributed by atoms with E-state index >= 15 is 0 Å². The van der Waals surface area contributed by atoms with Crippen LogP contribution in [0.2, 0.25) is 15.1 Å². The standard InChI is InChI=1S/C11H5Cl3FN/c12-7-4-8(11(15)16-5-7)6-1-2-9(13)10(14)3-6/h1-5H. The molecule has 0 aliphatic heterocycles. The van der Waals surface area contributed by atoms with Crippen LogP contribution in [0.3, 0.4) is 0 Å². The molecule has 0 N–H and O–H groups in total. The highest BCUT2D eigenvalue weighted by Crippen LogP contribution is 2.30. The zero-order chi connectivity index (χ0) is 11.7. The van der Waals surface area contributed by atoms with Gasteiger partial charge in [-0.25, -0.2) is 4.98 Å². The molecule has 5 heteroatoms. The Bertz CT molecular complexity index is 543. The second-order valence-electron chi connectivity index (χ2n) is 3.12. The van der Waals surface area contributed by atoms with Crippen LogP contribution in [0.5, 0.6) is 0 Å². The lowest BCUT2D eigenvalue weighted by atomic mass is 10.1. The van der Waals surface area contributed by atoms with E-state index in [4.69, 9.17) is 34.8 Å². The lowest BCUT2D eigenvalue weighted by Gasteiger charge is -2.04. The van der Waals surface area contributed by atoms with Crippen molar-refractivity contribution in [2.45, 2.75) is 0 Å². The molecule has 0 unspecified atom stereocenters. The Labute approximate surface area is 107 Å². The molecule has 16 heavy (non-hydrogen) atoms. The lowest BCUT2D eigenvalue weighted by Crippen LogP contribution is -1.88. The minimum Gasteiger partial charge on any atom is -0.226 e. The van der Waals surface area contributed by atoms with Gasteiger partial charge in [-0.1, -0.05) is 40.9 Å². The van der Waals surface area contributed by atoms with Gasteiger partial charge in [-0.2, -0.15) is 4.39 Å². The summed E-state index contributed by atoms with van der Waals surface area (Å²) >= 11 is 17.4. The highest BCUT2D eigenvalue weighted by molar-refractivity contribution is 6.42. The molecular weight excluding hydrogens is 271 g/mol. The number of hydrogen-bond acceptors (Lipinski definition) is 1. The van der Waals surface area contributed by atoms with Crippen LogP contribution in [-0.4, -0.2) is 4.98 Å². The second kappa shape index (κ2) is 4.58. The maximum atomic E-state index is 13.4. The Hall–Kier alpha value is -0.830. The molecule has 0 saturated carbocycles. The summed E-state index contributed by atoms with van der Waals surface area (Å²) in [5.41, 5.74) is 0.882. The highest BCUT2D eigenvalue weighted by Gasteiger charge is 2.08. The van der Waals surface area contributed by atoms with Crippen molar-refractivity contribution in [2.75, 3.05) is 0 Å². The van der Waals surface area contributed by atoms with Gasteiger partial charge in [-0.3, -0.25) is 0 Å². The van der Waals surface area contributed by atoms with E-state index in [1.54, 1.807) is 18.2 Å². The van der Waals surface area contributed by atoms with Crippen molar-refractivity contribution in [3.05, 3.63) is 51.5 Å². The average Bonchev–Trinajstić information content (AvgIpc) is 2.26. The summed E-state index contributed by atoms with van der Waals surface area (Å²) in [7, 11) is 0. The van der Waals surface area contributed by atoms with Gasteiger partial charge in [0.1, 0.15) is 0 Å². The Morgan fingerprint density at radius 2 is 1.75 bits per heavy atom. The number of hydrogen-bond donors (Lipinski definition) is 0. The molecule has 0 aliphatic carbocycles. The van der Waals surface area contributed by atoms with E-state index in [0.717, 1.165) is 0 Å². The van der Waals surface area contributed by atoms with Crippen LogP contribution in [0, 0.1) is 5.95 Å². The fourth-order valence-corrected chi connectivity index (χ4v) is 1.74. The Balaban J connectivity index is 2.58. The minimum absolute atomic E-state index is 0.297. The van der Waals surface area contributed by atoms with Gasteiger partial charge in [0, 0.05) is 11.8 Å². The quantitative estimate of drug-likeness (QED) is 0.679. The van der Waals surface area contributed by atoms with Crippen molar-refractivity contribution in [2.24, 2.45) is 0 Å². The van der Waals surface area contributed by atoms with E-state index in [1.165, 1.54) is 12.3 Å². The predicted octanol–water partition coefficient (Wildman–Crippen LogP) is 4.85. The number of nitrogens with zero attached hydrogens (tertiary/aromatic N) is 1. The van der Waals surface area contributed by atoms with E-state index in [2.05, 4.69) is 4.98 Å². The zero-order valence-corrected chi connectivity index (χ0v) is 10.1. The van der Waals surface area contributed by atoms with Crippen molar-refractivity contribution >= 4 is 34.8 Å². The molecule has 1 nitrogen and oxygen atoms in total. The normalized spacial score (nSPS) is 10.5. The molecule has 0 radical (unpaired) electrons. The molecule has 0 amide bonds. The molecule has 0 bridgehead atoms. The SMILES string of the molecule is Fc1ncc(Cl)cc1-c1ccc(Cl)c(Cl)c1. The summed E-state index contributed by atoms with van der Waals surface area (Å²) in [6.07, 6.45) is 1.25. The Morgan fingerprint density at radius 3 is 2.44 bits per heavy atom. The average molecular weight is 277 g/mol. The van der Waals surface area contributed by atoms with Gasteiger partial charge < -0.3 is 0 Å². The zero-order valence-electron chi connectivity index (χ0n) is 7.85. The number of benzene rings is 1. The van der Waals surface area contributed by atoms with E-state index in [9.17, 15) is 4.39 Å². The van der Waals surface area contributed by atoms with Gasteiger partial charge in [-0.15, -0.1) is 0 Å². The van der Waals surface area contributed by atoms with Crippen LogP contribution in [0.25, 0.3) is 11.1 Å². The third-order valence-corrected chi connectivity index (χ3v) is 2.98.